The molecule has 0 radical (unpaired) electrons. The van der Waals surface area contributed by atoms with Crippen LogP contribution >= 0.6 is 0 Å². The second-order valence-electron chi connectivity index (χ2n) is 7.44. The van der Waals surface area contributed by atoms with E-state index in [1.54, 1.807) is 13.8 Å². The highest BCUT2D eigenvalue weighted by atomic mass is 16.4. The summed E-state index contributed by atoms with van der Waals surface area (Å²) >= 11 is 0. The summed E-state index contributed by atoms with van der Waals surface area (Å²) < 4.78 is 0. The molecular weight excluding hydrogens is 352 g/mol. The predicted octanol–water partition coefficient (Wildman–Crippen LogP) is -0.308. The van der Waals surface area contributed by atoms with E-state index < -0.39 is 42.5 Å². The van der Waals surface area contributed by atoms with Crippen molar-refractivity contribution in [1.82, 2.24) is 15.5 Å². The highest BCUT2D eigenvalue weighted by Gasteiger charge is 2.38. The SMILES string of the molecule is CCC(C)C(N)C(=O)N1CCCC1C(=O)NC(C(=O)NCC(=O)O)C(C)C. The molecule has 1 aliphatic rings. The van der Waals surface area contributed by atoms with Crippen LogP contribution in [0.15, 0.2) is 0 Å². The van der Waals surface area contributed by atoms with Gasteiger partial charge in [0.15, 0.2) is 0 Å². The molecule has 0 aliphatic carbocycles. The fraction of sp³-hybridized carbons (Fsp3) is 0.778. The molecule has 0 aromatic heterocycles. The number of hydrogen-bond acceptors (Lipinski definition) is 5. The summed E-state index contributed by atoms with van der Waals surface area (Å²) in [6.07, 6.45) is 1.96. The number of nitrogens with one attached hydrogen (secondary N) is 2. The fourth-order valence-electron chi connectivity index (χ4n) is 3.05. The van der Waals surface area contributed by atoms with E-state index in [1.165, 1.54) is 4.90 Å². The van der Waals surface area contributed by atoms with Gasteiger partial charge in [0.2, 0.25) is 17.7 Å². The van der Waals surface area contributed by atoms with Gasteiger partial charge in [0, 0.05) is 6.54 Å². The van der Waals surface area contributed by atoms with Crippen molar-refractivity contribution in [2.75, 3.05) is 13.1 Å². The summed E-state index contributed by atoms with van der Waals surface area (Å²) in [5.41, 5.74) is 6.04. The third-order valence-electron chi connectivity index (χ3n) is 5.04. The Labute approximate surface area is 160 Å². The Morgan fingerprint density at radius 3 is 2.37 bits per heavy atom. The van der Waals surface area contributed by atoms with Crippen molar-refractivity contribution in [3.05, 3.63) is 0 Å². The molecule has 0 bridgehead atoms. The van der Waals surface area contributed by atoms with Crippen LogP contribution in [0, 0.1) is 11.8 Å². The van der Waals surface area contributed by atoms with Crippen molar-refractivity contribution in [3.63, 3.8) is 0 Å². The quantitative estimate of drug-likeness (QED) is 0.430. The lowest BCUT2D eigenvalue weighted by molar-refractivity contribution is -0.142. The number of aliphatic carboxylic acids is 1. The molecule has 3 amide bonds. The lowest BCUT2D eigenvalue weighted by atomic mass is 9.98. The molecule has 4 unspecified atom stereocenters. The summed E-state index contributed by atoms with van der Waals surface area (Å²) in [6.45, 7) is 7.29. The molecule has 0 spiro atoms. The second kappa shape index (κ2) is 10.2. The number of carbonyl (C=O) groups is 4. The van der Waals surface area contributed by atoms with Crippen LogP contribution in [0.25, 0.3) is 0 Å². The number of amides is 3. The molecule has 1 aliphatic heterocycles. The third kappa shape index (κ3) is 6.20. The van der Waals surface area contributed by atoms with Gasteiger partial charge in [-0.3, -0.25) is 19.2 Å². The molecule has 27 heavy (non-hydrogen) atoms. The van der Waals surface area contributed by atoms with E-state index in [9.17, 15) is 19.2 Å². The zero-order valence-electron chi connectivity index (χ0n) is 16.5. The number of hydrogen-bond donors (Lipinski definition) is 4. The minimum atomic E-state index is -1.16. The first-order valence-corrected chi connectivity index (χ1v) is 9.46. The maximum atomic E-state index is 12.7. The van der Waals surface area contributed by atoms with Gasteiger partial charge in [-0.2, -0.15) is 0 Å². The van der Waals surface area contributed by atoms with E-state index in [-0.39, 0.29) is 17.7 Å². The van der Waals surface area contributed by atoms with Crippen LogP contribution in [-0.2, 0) is 19.2 Å². The average molecular weight is 384 g/mol. The Morgan fingerprint density at radius 1 is 1.22 bits per heavy atom. The predicted molar refractivity (Wildman–Crippen MR) is 99.6 cm³/mol. The highest BCUT2D eigenvalue weighted by molar-refractivity contribution is 5.94. The van der Waals surface area contributed by atoms with Crippen molar-refractivity contribution in [1.29, 1.82) is 0 Å². The first-order valence-electron chi connectivity index (χ1n) is 9.46. The van der Waals surface area contributed by atoms with E-state index in [0.29, 0.717) is 19.4 Å². The monoisotopic (exact) mass is 384 g/mol. The Balaban J connectivity index is 2.81. The number of carbonyl (C=O) groups excluding carboxylic acids is 3. The molecule has 5 N–H and O–H groups in total. The summed E-state index contributed by atoms with van der Waals surface area (Å²) in [4.78, 5) is 49.7. The Hall–Kier alpha value is -2.16. The number of likely N-dealkylation sites (tertiary alicyclic amines) is 1. The number of carboxylic acid groups (broad SMARTS) is 1. The molecule has 1 fully saturated rings. The van der Waals surface area contributed by atoms with E-state index >= 15 is 0 Å². The van der Waals surface area contributed by atoms with Crippen LogP contribution < -0.4 is 16.4 Å². The number of carboxylic acids is 1. The number of rotatable bonds is 9. The summed E-state index contributed by atoms with van der Waals surface area (Å²) in [6, 6.07) is -2.21. The van der Waals surface area contributed by atoms with Crippen molar-refractivity contribution in [3.8, 4) is 0 Å². The molecule has 0 saturated carbocycles. The normalized spacial score (nSPS) is 20.1. The van der Waals surface area contributed by atoms with E-state index in [2.05, 4.69) is 10.6 Å². The van der Waals surface area contributed by atoms with Crippen LogP contribution in [-0.4, -0.2) is 64.9 Å². The summed E-state index contributed by atoms with van der Waals surface area (Å²) in [5, 5.41) is 13.6. The molecule has 1 heterocycles. The van der Waals surface area contributed by atoms with Gasteiger partial charge >= 0.3 is 5.97 Å². The van der Waals surface area contributed by atoms with Gasteiger partial charge in [0.1, 0.15) is 18.6 Å². The molecular formula is C18H32N4O5. The van der Waals surface area contributed by atoms with Gasteiger partial charge in [0.25, 0.3) is 0 Å². The minimum Gasteiger partial charge on any atom is -0.480 e. The summed E-state index contributed by atoms with van der Waals surface area (Å²) in [7, 11) is 0. The molecule has 9 nitrogen and oxygen atoms in total. The highest BCUT2D eigenvalue weighted by Crippen LogP contribution is 2.21. The standard InChI is InChI=1S/C18H32N4O5/c1-5-11(4)14(19)18(27)22-8-6-7-12(22)16(25)21-15(10(2)3)17(26)20-9-13(23)24/h10-12,14-15H,5-9,19H2,1-4H3,(H,20,26)(H,21,25)(H,23,24). The maximum absolute atomic E-state index is 12.7. The van der Waals surface area contributed by atoms with Crippen molar-refractivity contribution < 1.29 is 24.3 Å². The molecule has 0 aromatic rings. The first-order chi connectivity index (χ1) is 12.6. The smallest absolute Gasteiger partial charge is 0.322 e. The topological polar surface area (TPSA) is 142 Å². The molecule has 1 rings (SSSR count). The lowest BCUT2D eigenvalue weighted by Gasteiger charge is -2.30. The molecule has 0 aromatic carbocycles. The van der Waals surface area contributed by atoms with Crippen LogP contribution in [0.4, 0.5) is 0 Å². The van der Waals surface area contributed by atoms with Gasteiger partial charge in [-0.1, -0.05) is 34.1 Å². The molecule has 4 atom stereocenters. The molecule has 9 heteroatoms. The lowest BCUT2D eigenvalue weighted by Crippen LogP contribution is -2.57. The van der Waals surface area contributed by atoms with E-state index in [4.69, 9.17) is 10.8 Å². The second-order valence-corrected chi connectivity index (χ2v) is 7.44. The maximum Gasteiger partial charge on any atom is 0.322 e. The number of nitrogens with zero attached hydrogens (tertiary/aromatic N) is 1. The van der Waals surface area contributed by atoms with Gasteiger partial charge in [0.05, 0.1) is 6.04 Å². The van der Waals surface area contributed by atoms with Crippen LogP contribution in [0.3, 0.4) is 0 Å². The minimum absolute atomic E-state index is 0.00650. The molecule has 154 valence electrons. The van der Waals surface area contributed by atoms with Crippen molar-refractivity contribution >= 4 is 23.7 Å². The fourth-order valence-corrected chi connectivity index (χ4v) is 3.05. The zero-order chi connectivity index (χ0) is 20.7. The largest absolute Gasteiger partial charge is 0.480 e. The molecule has 1 saturated heterocycles. The van der Waals surface area contributed by atoms with Gasteiger partial charge in [-0.05, 0) is 24.7 Å². The van der Waals surface area contributed by atoms with Crippen molar-refractivity contribution in [2.45, 2.75) is 65.1 Å². The van der Waals surface area contributed by atoms with E-state index in [0.717, 1.165) is 6.42 Å². The average Bonchev–Trinajstić information content (AvgIpc) is 3.11. The van der Waals surface area contributed by atoms with E-state index in [1.807, 2.05) is 13.8 Å². The Bertz CT molecular complexity index is 566. The van der Waals surface area contributed by atoms with Crippen molar-refractivity contribution in [2.24, 2.45) is 17.6 Å². The van der Waals surface area contributed by atoms with Crippen LogP contribution in [0.1, 0.15) is 47.0 Å². The van der Waals surface area contributed by atoms with Gasteiger partial charge in [-0.25, -0.2) is 0 Å². The van der Waals surface area contributed by atoms with Crippen LogP contribution in [0.5, 0.6) is 0 Å². The van der Waals surface area contributed by atoms with Crippen LogP contribution in [0.2, 0.25) is 0 Å². The summed E-state index contributed by atoms with van der Waals surface area (Å²) in [5.74, 6) is -2.63. The Kier molecular flexibility index (Phi) is 8.68. The number of nitrogens with two attached hydrogens (primary N) is 1. The third-order valence-corrected chi connectivity index (χ3v) is 5.04. The first kappa shape index (κ1) is 22.9. The zero-order valence-corrected chi connectivity index (χ0v) is 16.5. The van der Waals surface area contributed by atoms with Gasteiger partial charge < -0.3 is 26.4 Å². The Morgan fingerprint density at radius 2 is 1.85 bits per heavy atom. The van der Waals surface area contributed by atoms with Gasteiger partial charge in [-0.15, -0.1) is 0 Å².